The lowest BCUT2D eigenvalue weighted by Crippen LogP contribution is -2.50. The summed E-state index contributed by atoms with van der Waals surface area (Å²) in [6.07, 6.45) is 1.73. The molecule has 31 heavy (non-hydrogen) atoms. The van der Waals surface area contributed by atoms with Gasteiger partial charge in [-0.25, -0.2) is 0 Å². The highest BCUT2D eigenvalue weighted by atomic mass is 16.5. The van der Waals surface area contributed by atoms with Crippen molar-refractivity contribution in [2.45, 2.75) is 11.3 Å². The van der Waals surface area contributed by atoms with E-state index in [2.05, 4.69) is 0 Å². The van der Waals surface area contributed by atoms with Crippen LogP contribution in [0.2, 0.25) is 0 Å². The van der Waals surface area contributed by atoms with Gasteiger partial charge >= 0.3 is 11.9 Å². The second kappa shape index (κ2) is 9.76. The minimum Gasteiger partial charge on any atom is -0.468 e. The molecule has 5 heteroatoms. The minimum atomic E-state index is -1.79. The summed E-state index contributed by atoms with van der Waals surface area (Å²) in [4.78, 5) is 26.7. The van der Waals surface area contributed by atoms with Gasteiger partial charge < -0.3 is 15.2 Å². The van der Waals surface area contributed by atoms with Crippen LogP contribution in [0.5, 0.6) is 0 Å². The lowest BCUT2D eigenvalue weighted by atomic mass is 9.66. The first-order valence-electron chi connectivity index (χ1n) is 9.85. The maximum atomic E-state index is 13.4. The minimum absolute atomic E-state index is 0.433. The highest BCUT2D eigenvalue weighted by Gasteiger charge is 2.56. The van der Waals surface area contributed by atoms with Crippen LogP contribution in [-0.2, 0) is 24.5 Å². The van der Waals surface area contributed by atoms with Gasteiger partial charge in [0.05, 0.1) is 14.2 Å². The second-order valence-corrected chi connectivity index (χ2v) is 7.03. The number of allylic oxidation sites excluding steroid dienone is 1. The Kier molecular flexibility index (Phi) is 6.88. The summed E-state index contributed by atoms with van der Waals surface area (Å²) in [7, 11) is 2.52. The molecular formula is C26H25NO4. The summed E-state index contributed by atoms with van der Waals surface area (Å²) in [6.45, 7) is 0. The summed E-state index contributed by atoms with van der Waals surface area (Å²) in [5.41, 5.74) is 7.05. The van der Waals surface area contributed by atoms with Crippen molar-refractivity contribution in [3.05, 3.63) is 114 Å². The molecule has 0 aliphatic rings. The molecule has 3 aromatic rings. The molecule has 3 aromatic carbocycles. The first kappa shape index (κ1) is 21.8. The van der Waals surface area contributed by atoms with Gasteiger partial charge in [0.15, 0.2) is 5.41 Å². The Labute approximate surface area is 182 Å². The van der Waals surface area contributed by atoms with Crippen molar-refractivity contribution in [1.82, 2.24) is 0 Å². The zero-order valence-electron chi connectivity index (χ0n) is 17.5. The molecule has 0 saturated heterocycles. The highest BCUT2D eigenvalue weighted by molar-refractivity contribution is 6.08. The zero-order valence-corrected chi connectivity index (χ0v) is 17.5. The van der Waals surface area contributed by atoms with E-state index in [0.717, 1.165) is 11.1 Å². The topological polar surface area (TPSA) is 78.6 Å². The number of carbonyl (C=O) groups is 2. The Hall–Kier alpha value is -3.86. The molecule has 0 spiro atoms. The number of hydrogen-bond acceptors (Lipinski definition) is 5. The van der Waals surface area contributed by atoms with Gasteiger partial charge in [-0.3, -0.25) is 9.59 Å². The normalized spacial score (nSPS) is 12.6. The van der Waals surface area contributed by atoms with Crippen LogP contribution < -0.4 is 5.73 Å². The molecule has 0 aliphatic carbocycles. The molecule has 0 amide bonds. The molecule has 3 rings (SSSR count). The molecule has 0 aliphatic heterocycles. The Morgan fingerprint density at radius 3 is 1.71 bits per heavy atom. The van der Waals surface area contributed by atoms with Crippen LogP contribution in [0, 0.1) is 0 Å². The summed E-state index contributed by atoms with van der Waals surface area (Å²) >= 11 is 0. The third kappa shape index (κ3) is 4.21. The lowest BCUT2D eigenvalue weighted by Gasteiger charge is -2.35. The van der Waals surface area contributed by atoms with E-state index in [0.29, 0.717) is 11.3 Å². The second-order valence-electron chi connectivity index (χ2n) is 7.03. The maximum Gasteiger partial charge on any atom is 0.328 e. The molecule has 0 bridgehead atoms. The van der Waals surface area contributed by atoms with E-state index in [4.69, 9.17) is 15.2 Å². The fourth-order valence-corrected chi connectivity index (χ4v) is 3.81. The number of rotatable bonds is 7. The van der Waals surface area contributed by atoms with Crippen molar-refractivity contribution in [2.24, 2.45) is 5.73 Å². The zero-order chi connectivity index (χ0) is 22.3. The Bertz CT molecular complexity index is 1030. The molecule has 0 aromatic heterocycles. The Morgan fingerprint density at radius 2 is 1.23 bits per heavy atom. The van der Waals surface area contributed by atoms with Crippen LogP contribution in [-0.4, -0.2) is 26.2 Å². The van der Waals surface area contributed by atoms with Crippen LogP contribution in [0.3, 0.4) is 0 Å². The Morgan fingerprint density at radius 1 is 0.774 bits per heavy atom. The van der Waals surface area contributed by atoms with Gasteiger partial charge in [-0.05, 0) is 16.7 Å². The smallest absolute Gasteiger partial charge is 0.328 e. The molecule has 0 saturated carbocycles. The van der Waals surface area contributed by atoms with E-state index in [9.17, 15) is 9.59 Å². The number of nitrogens with two attached hydrogens (primary N) is 1. The third-order valence-electron chi connectivity index (χ3n) is 5.32. The van der Waals surface area contributed by atoms with Crippen LogP contribution >= 0.6 is 0 Å². The average molecular weight is 415 g/mol. The van der Waals surface area contributed by atoms with E-state index in [-0.39, 0.29) is 0 Å². The number of benzene rings is 3. The van der Waals surface area contributed by atoms with Crippen LogP contribution in [0.4, 0.5) is 0 Å². The summed E-state index contributed by atoms with van der Waals surface area (Å²) in [5, 5.41) is 0. The van der Waals surface area contributed by atoms with Gasteiger partial charge in [0, 0.05) is 11.6 Å². The molecule has 2 N–H and O–H groups in total. The number of carbonyl (C=O) groups excluding carboxylic acids is 2. The fraction of sp³-hybridized carbons (Fsp3) is 0.154. The van der Waals surface area contributed by atoms with Gasteiger partial charge in [-0.2, -0.15) is 0 Å². The van der Waals surface area contributed by atoms with Gasteiger partial charge in [-0.15, -0.1) is 0 Å². The SMILES string of the molecule is COC(=O)C(C(=O)OC)(c1ccccc1)C(/C=C(\N)c1ccccc1)c1ccccc1. The highest BCUT2D eigenvalue weighted by Crippen LogP contribution is 2.43. The maximum absolute atomic E-state index is 13.4. The van der Waals surface area contributed by atoms with Gasteiger partial charge in [0.1, 0.15) is 0 Å². The molecule has 158 valence electrons. The number of ether oxygens (including phenoxy) is 2. The number of hydrogen-bond donors (Lipinski definition) is 1. The first-order chi connectivity index (χ1) is 15.1. The molecule has 5 nitrogen and oxygen atoms in total. The predicted octanol–water partition coefficient (Wildman–Crippen LogP) is 4.05. The molecule has 0 radical (unpaired) electrons. The number of methoxy groups -OCH3 is 2. The summed E-state index contributed by atoms with van der Waals surface area (Å²) < 4.78 is 10.3. The van der Waals surface area contributed by atoms with Gasteiger partial charge in [0.2, 0.25) is 0 Å². The molecule has 1 atom stereocenters. The van der Waals surface area contributed by atoms with E-state index >= 15 is 0 Å². The van der Waals surface area contributed by atoms with Crippen LogP contribution in [0.25, 0.3) is 5.70 Å². The average Bonchev–Trinajstić information content (AvgIpc) is 2.84. The first-order valence-corrected chi connectivity index (χ1v) is 9.85. The van der Waals surface area contributed by atoms with Crippen molar-refractivity contribution in [3.63, 3.8) is 0 Å². The summed E-state index contributed by atoms with van der Waals surface area (Å²) in [5.74, 6) is -2.23. The standard InChI is InChI=1S/C26H25NO4/c1-30-24(28)26(25(29)31-2,21-16-10-5-11-17-21)22(19-12-6-3-7-13-19)18-23(27)20-14-8-4-9-15-20/h3-18,22H,27H2,1-2H3/b23-18-. The molecule has 1 unspecified atom stereocenters. The lowest BCUT2D eigenvalue weighted by molar-refractivity contribution is -0.162. The van der Waals surface area contributed by atoms with Gasteiger partial charge in [0.25, 0.3) is 0 Å². The van der Waals surface area contributed by atoms with E-state index in [1.165, 1.54) is 14.2 Å². The van der Waals surface area contributed by atoms with Gasteiger partial charge in [-0.1, -0.05) is 97.1 Å². The molecule has 0 fully saturated rings. The monoisotopic (exact) mass is 415 g/mol. The molecular weight excluding hydrogens is 390 g/mol. The van der Waals surface area contributed by atoms with Crippen LogP contribution in [0.1, 0.15) is 22.6 Å². The number of esters is 2. The fourth-order valence-electron chi connectivity index (χ4n) is 3.81. The predicted molar refractivity (Wildman–Crippen MR) is 120 cm³/mol. The van der Waals surface area contributed by atoms with Crippen molar-refractivity contribution in [2.75, 3.05) is 14.2 Å². The quantitative estimate of drug-likeness (QED) is 0.465. The van der Waals surface area contributed by atoms with E-state index in [1.807, 2.05) is 66.7 Å². The Balaban J connectivity index is 2.35. The van der Waals surface area contributed by atoms with Crippen LogP contribution in [0.15, 0.2) is 97.1 Å². The van der Waals surface area contributed by atoms with Crippen molar-refractivity contribution in [1.29, 1.82) is 0 Å². The third-order valence-corrected chi connectivity index (χ3v) is 5.32. The van der Waals surface area contributed by atoms with Crippen molar-refractivity contribution >= 4 is 17.6 Å². The largest absolute Gasteiger partial charge is 0.468 e. The van der Waals surface area contributed by atoms with E-state index < -0.39 is 23.3 Å². The van der Waals surface area contributed by atoms with Crippen molar-refractivity contribution in [3.8, 4) is 0 Å². The molecule has 0 heterocycles. The summed E-state index contributed by atoms with van der Waals surface area (Å²) in [6, 6.07) is 27.4. The van der Waals surface area contributed by atoms with Crippen molar-refractivity contribution < 1.29 is 19.1 Å². The van der Waals surface area contributed by atoms with E-state index in [1.54, 1.807) is 30.3 Å².